The Morgan fingerprint density at radius 1 is 1.00 bits per heavy atom. The summed E-state index contributed by atoms with van der Waals surface area (Å²) in [5.41, 5.74) is 0.821. The van der Waals surface area contributed by atoms with Gasteiger partial charge in [-0.25, -0.2) is 0 Å². The highest BCUT2D eigenvalue weighted by Gasteiger charge is 2.33. The zero-order chi connectivity index (χ0) is 9.73. The van der Waals surface area contributed by atoms with Crippen molar-refractivity contribution >= 4 is 8.07 Å². The van der Waals surface area contributed by atoms with Crippen molar-refractivity contribution in [2.75, 3.05) is 0 Å². The Hall–Kier alpha value is -0.303. The topological polar surface area (TPSA) is 0 Å². The molecule has 1 aliphatic carbocycles. The van der Waals surface area contributed by atoms with Crippen molar-refractivity contribution in [2.45, 2.75) is 50.9 Å². The van der Waals surface area contributed by atoms with Gasteiger partial charge >= 0.3 is 0 Å². The Kier molecular flexibility index (Phi) is 3.98. The lowest BCUT2D eigenvalue weighted by Gasteiger charge is -2.34. The molecule has 0 saturated carbocycles. The standard InChI is InChI=1S/C12H22Si/c1-4-13(5-2,6-3)12-10-8-7-9-11-12/h8-12H,4-7H2,1-3H3. The fraction of sp³-hybridized carbons (Fsp3) is 0.667. The molecule has 0 unspecified atom stereocenters. The summed E-state index contributed by atoms with van der Waals surface area (Å²) in [7, 11) is -0.990. The average molecular weight is 194 g/mol. The van der Waals surface area contributed by atoms with Gasteiger partial charge in [-0.05, 0) is 12.0 Å². The molecule has 1 rings (SSSR count). The number of hydrogen-bond acceptors (Lipinski definition) is 0. The smallest absolute Gasteiger partial charge is 0.0641 e. The van der Waals surface area contributed by atoms with Gasteiger partial charge in [0, 0.05) is 0 Å². The van der Waals surface area contributed by atoms with Crippen LogP contribution in [0.1, 0.15) is 27.2 Å². The molecule has 0 spiro atoms. The van der Waals surface area contributed by atoms with Crippen LogP contribution in [0.3, 0.4) is 0 Å². The molecule has 0 atom stereocenters. The van der Waals surface area contributed by atoms with Gasteiger partial charge in [0.25, 0.3) is 0 Å². The van der Waals surface area contributed by atoms with Crippen LogP contribution in [0.5, 0.6) is 0 Å². The molecule has 0 aliphatic heterocycles. The molecule has 0 fully saturated rings. The molecule has 0 heterocycles. The normalized spacial score (nSPS) is 18.1. The van der Waals surface area contributed by atoms with Gasteiger partial charge in [0.1, 0.15) is 0 Å². The lowest BCUT2D eigenvalue weighted by Crippen LogP contribution is -2.36. The number of hydrogen-bond donors (Lipinski definition) is 0. The fourth-order valence-electron chi connectivity index (χ4n) is 2.46. The van der Waals surface area contributed by atoms with Crippen LogP contribution in [0.4, 0.5) is 0 Å². The molecule has 0 N–H and O–H groups in total. The molecule has 0 aromatic heterocycles. The highest BCUT2D eigenvalue weighted by atomic mass is 28.3. The Morgan fingerprint density at radius 2 is 1.46 bits per heavy atom. The van der Waals surface area contributed by atoms with Crippen molar-refractivity contribution in [1.82, 2.24) is 0 Å². The lowest BCUT2D eigenvalue weighted by molar-refractivity contribution is 1.05. The van der Waals surface area contributed by atoms with Crippen molar-refractivity contribution in [3.63, 3.8) is 0 Å². The highest BCUT2D eigenvalue weighted by molar-refractivity contribution is 6.81. The maximum atomic E-state index is 2.46. The van der Waals surface area contributed by atoms with Gasteiger partial charge in [0.05, 0.1) is 8.07 Å². The van der Waals surface area contributed by atoms with E-state index in [0.29, 0.717) is 0 Å². The van der Waals surface area contributed by atoms with E-state index in [0.717, 1.165) is 12.0 Å². The summed E-state index contributed by atoms with van der Waals surface area (Å²) in [5.74, 6) is 0. The van der Waals surface area contributed by atoms with E-state index in [1.807, 2.05) is 0 Å². The van der Waals surface area contributed by atoms with Crippen molar-refractivity contribution in [1.29, 1.82) is 0 Å². The van der Waals surface area contributed by atoms with Gasteiger partial charge in [-0.2, -0.15) is 0 Å². The van der Waals surface area contributed by atoms with Crippen molar-refractivity contribution in [3.8, 4) is 0 Å². The monoisotopic (exact) mass is 194 g/mol. The third-order valence-corrected chi connectivity index (χ3v) is 9.80. The molecule has 1 aliphatic rings. The van der Waals surface area contributed by atoms with Crippen LogP contribution in [0.2, 0.25) is 23.7 Å². The van der Waals surface area contributed by atoms with E-state index in [9.17, 15) is 0 Å². The second-order valence-corrected chi connectivity index (χ2v) is 9.55. The minimum atomic E-state index is -0.990. The first-order valence-corrected chi connectivity index (χ1v) is 8.32. The maximum Gasteiger partial charge on any atom is 0.0641 e. The predicted octanol–water partition coefficient (Wildman–Crippen LogP) is 4.38. The molecule has 0 nitrogen and oxygen atoms in total. The van der Waals surface area contributed by atoms with E-state index in [4.69, 9.17) is 0 Å². The quantitative estimate of drug-likeness (QED) is 0.460. The van der Waals surface area contributed by atoms with Crippen LogP contribution in [0, 0.1) is 0 Å². The minimum absolute atomic E-state index is 0.821. The van der Waals surface area contributed by atoms with Crippen molar-refractivity contribution < 1.29 is 0 Å². The van der Waals surface area contributed by atoms with E-state index in [-0.39, 0.29) is 0 Å². The first-order valence-electron chi connectivity index (χ1n) is 5.62. The third-order valence-electron chi connectivity index (χ3n) is 3.78. The number of rotatable bonds is 4. The van der Waals surface area contributed by atoms with Gasteiger partial charge < -0.3 is 0 Å². The molecule has 0 saturated heterocycles. The predicted molar refractivity (Wildman–Crippen MR) is 63.8 cm³/mol. The van der Waals surface area contributed by atoms with Crippen LogP contribution in [0.15, 0.2) is 24.3 Å². The molecule has 0 amide bonds. The zero-order valence-corrected chi connectivity index (χ0v) is 10.2. The lowest BCUT2D eigenvalue weighted by atomic mass is 10.2. The number of allylic oxidation sites excluding steroid dienone is 4. The summed E-state index contributed by atoms with van der Waals surface area (Å²) in [6, 6.07) is 4.29. The van der Waals surface area contributed by atoms with E-state index >= 15 is 0 Å². The summed E-state index contributed by atoms with van der Waals surface area (Å²) in [6.45, 7) is 7.15. The third kappa shape index (κ3) is 2.14. The molecule has 13 heavy (non-hydrogen) atoms. The van der Waals surface area contributed by atoms with Crippen LogP contribution < -0.4 is 0 Å². The highest BCUT2D eigenvalue weighted by Crippen LogP contribution is 2.36. The van der Waals surface area contributed by atoms with Gasteiger partial charge in [-0.15, -0.1) is 0 Å². The largest absolute Gasteiger partial charge is 0.0844 e. The van der Waals surface area contributed by atoms with E-state index < -0.39 is 8.07 Å². The van der Waals surface area contributed by atoms with Gasteiger partial charge in [0.2, 0.25) is 0 Å². The summed E-state index contributed by atoms with van der Waals surface area (Å²) < 4.78 is 0. The molecule has 1 heteroatoms. The maximum absolute atomic E-state index is 2.46. The molecule has 74 valence electrons. The molecule has 0 aromatic rings. The van der Waals surface area contributed by atoms with Gasteiger partial charge in [-0.3, -0.25) is 0 Å². The summed E-state index contributed by atoms with van der Waals surface area (Å²) in [4.78, 5) is 0. The van der Waals surface area contributed by atoms with Crippen molar-refractivity contribution in [3.05, 3.63) is 24.3 Å². The van der Waals surface area contributed by atoms with Gasteiger partial charge in [-0.1, -0.05) is 63.2 Å². The molecular formula is C12H22Si. The van der Waals surface area contributed by atoms with Crippen LogP contribution in [0.25, 0.3) is 0 Å². The molecule has 0 radical (unpaired) electrons. The van der Waals surface area contributed by atoms with Crippen molar-refractivity contribution in [2.24, 2.45) is 0 Å². The Balaban J connectivity index is 2.79. The van der Waals surface area contributed by atoms with E-state index in [2.05, 4.69) is 45.1 Å². The fourth-order valence-corrected chi connectivity index (χ4v) is 6.46. The first-order chi connectivity index (χ1) is 6.29. The van der Waals surface area contributed by atoms with Crippen LogP contribution in [-0.2, 0) is 0 Å². The van der Waals surface area contributed by atoms with Gasteiger partial charge in [0.15, 0.2) is 0 Å². The first kappa shape index (κ1) is 10.8. The second-order valence-electron chi connectivity index (χ2n) is 4.04. The summed E-state index contributed by atoms with van der Waals surface area (Å²) in [5, 5.41) is 0. The molecule has 0 aromatic carbocycles. The summed E-state index contributed by atoms with van der Waals surface area (Å²) in [6.07, 6.45) is 10.8. The molecule has 0 bridgehead atoms. The Labute approximate surface area is 83.7 Å². The minimum Gasteiger partial charge on any atom is -0.0844 e. The average Bonchev–Trinajstić information content (AvgIpc) is 2.23. The Bertz CT molecular complexity index is 179. The Morgan fingerprint density at radius 3 is 1.85 bits per heavy atom. The SMILES string of the molecule is CC[Si](CC)(CC)C1C=CCC=C1. The molecular weight excluding hydrogens is 172 g/mol. The second kappa shape index (κ2) is 4.80. The van der Waals surface area contributed by atoms with E-state index in [1.54, 1.807) is 0 Å². The zero-order valence-electron chi connectivity index (χ0n) is 9.22. The summed E-state index contributed by atoms with van der Waals surface area (Å²) >= 11 is 0. The van der Waals surface area contributed by atoms with E-state index in [1.165, 1.54) is 18.1 Å². The van der Waals surface area contributed by atoms with Crippen LogP contribution >= 0.6 is 0 Å². The van der Waals surface area contributed by atoms with Crippen LogP contribution in [-0.4, -0.2) is 8.07 Å².